The Hall–Kier alpha value is -14.2. The van der Waals surface area contributed by atoms with E-state index in [1.165, 1.54) is 5.56 Å². The fourth-order valence-electron chi connectivity index (χ4n) is 18.4. The summed E-state index contributed by atoms with van der Waals surface area (Å²) in [7, 11) is 0. The van der Waals surface area contributed by atoms with Crippen LogP contribution in [0.25, 0.3) is 88.2 Å². The number of piperidine rings is 1. The molecule has 0 saturated carbocycles. The number of carbonyl (C=O) groups excluding carboxylic acids is 4. The fraction of sp³-hybridized carbons (Fsp3) is 0.299. The van der Waals surface area contributed by atoms with E-state index < -0.39 is 0 Å². The molecule has 26 nitrogen and oxygen atoms in total. The van der Waals surface area contributed by atoms with Crippen LogP contribution in [0, 0.1) is 41.9 Å². The number of hydrogen-bond donors (Lipinski definition) is 4. The van der Waals surface area contributed by atoms with Gasteiger partial charge in [-0.2, -0.15) is 56.4 Å². The van der Waals surface area contributed by atoms with Crippen molar-refractivity contribution in [3.8, 4) is 50.7 Å². The predicted molar refractivity (Wildman–Crippen MR) is 475 cm³/mol. The highest BCUT2D eigenvalue weighted by Gasteiger charge is 2.42. The van der Waals surface area contributed by atoms with Crippen LogP contribution in [0.2, 0.25) is 0 Å². The minimum Gasteiger partial charge on any atom is -0.343 e. The minimum absolute atomic E-state index is 0.0119. The number of fused-ring (bicyclic) bond motifs is 4. The number of hydrogen-bond acceptors (Lipinski definition) is 14. The zero-order chi connectivity index (χ0) is 84.5. The van der Waals surface area contributed by atoms with Crippen molar-refractivity contribution in [2.75, 3.05) is 32.7 Å². The van der Waals surface area contributed by atoms with Gasteiger partial charge in [-0.25, -0.2) is 0 Å². The number of benzene rings is 8. The van der Waals surface area contributed by atoms with Gasteiger partial charge in [0.2, 0.25) is 11.8 Å². The van der Waals surface area contributed by atoms with Crippen LogP contribution in [0.15, 0.2) is 250 Å². The third-order valence-corrected chi connectivity index (χ3v) is 24.7. The lowest BCUT2D eigenvalue weighted by Crippen LogP contribution is -2.43. The molecule has 4 fully saturated rings. The van der Waals surface area contributed by atoms with E-state index in [9.17, 15) is 19.2 Å². The molecule has 4 aliphatic rings. The summed E-state index contributed by atoms with van der Waals surface area (Å²) in [5.41, 5.74) is 18.0. The lowest BCUT2D eigenvalue weighted by Gasteiger charge is -2.32. The van der Waals surface area contributed by atoms with Crippen molar-refractivity contribution in [3.05, 3.63) is 284 Å². The van der Waals surface area contributed by atoms with Crippen LogP contribution in [0.4, 0.5) is 0 Å². The first-order valence-corrected chi connectivity index (χ1v) is 42.5. The number of nitriles is 1. The van der Waals surface area contributed by atoms with Crippen LogP contribution in [0.3, 0.4) is 0 Å². The first-order valence-electron chi connectivity index (χ1n) is 42.5. The highest BCUT2D eigenvalue weighted by molar-refractivity contribution is 5.96. The third kappa shape index (κ3) is 18.7. The van der Waals surface area contributed by atoms with Gasteiger partial charge in [0.05, 0.1) is 89.7 Å². The maximum Gasteiger partial charge on any atom is 0.254 e. The molecular weight excluding hydrogens is 1540 g/mol. The molecular formula is C97H100N22O4. The summed E-state index contributed by atoms with van der Waals surface area (Å²) in [5, 5.41) is 63.4. The van der Waals surface area contributed by atoms with E-state index in [4.69, 9.17) is 5.26 Å². The van der Waals surface area contributed by atoms with E-state index in [-0.39, 0.29) is 41.3 Å². The number of rotatable bonds is 19. The first kappa shape index (κ1) is 81.2. The quantitative estimate of drug-likeness (QED) is 0.0585. The molecule has 0 radical (unpaired) electrons. The van der Waals surface area contributed by atoms with Crippen LogP contribution in [0.1, 0.15) is 109 Å². The Balaban J connectivity index is 0.000000116. The summed E-state index contributed by atoms with van der Waals surface area (Å²) >= 11 is 0. The molecule has 3 unspecified atom stereocenters. The monoisotopic (exact) mass is 1640 g/mol. The van der Waals surface area contributed by atoms with Crippen molar-refractivity contribution in [2.24, 2.45) is 23.7 Å². The van der Waals surface area contributed by atoms with Gasteiger partial charge >= 0.3 is 0 Å². The van der Waals surface area contributed by atoms with E-state index in [0.717, 1.165) is 196 Å². The molecule has 622 valence electrons. The lowest BCUT2D eigenvalue weighted by molar-refractivity contribution is -0.134. The number of H-pyrrole nitrogens is 4. The standard InChI is InChI=1S/C25H27N5O.C24H22N6O.C24H26N6O.C24H25N5O/c1-25(2)12-19(16-29(25)24(31)10-18-6-4-3-5-7-18)17-30-23-9-8-20(11-21(23)15-28-30)22-13-26-27-14-22;1-16-7-18(14-29(16)24(31)20-4-2-3-17(8-20)10-25)15-30-23-6-5-19(9-21(23)13-28-30)22-11-26-27-12-22;31-24(9-6-18-4-2-1-3-5-18)29-12-10-19(11-13-29)17-30-23-8-7-20(14-21(23)15-26-30)22-16-25-28-27-22;1-16-4-3-5-20(8-16)24(30)28-14-18(9-17(28)2)15-29-23-7-6-19(10-21(23)13-27-29)22-11-25-26-12-22/h3-9,11,13-15,19H,10,12,16-17H2,1-2H3,(H,26,27);2-6,8-9,11-13,16,18H,7,14-15H2,1H3,(H,26,27);1-5,7-8,14-16,19H,6,9-13,17H2,(H,25,27,28);3-8,10-13,17-18H,9,14-15H2,1-2H3,(H,25,26)/t;16-,18?;;17-,18?/m.0.0/s1. The van der Waals surface area contributed by atoms with Crippen LogP contribution in [-0.2, 0) is 48.6 Å². The summed E-state index contributed by atoms with van der Waals surface area (Å²) < 4.78 is 8.29. The molecule has 20 rings (SSSR count). The zero-order valence-corrected chi connectivity index (χ0v) is 69.8. The highest BCUT2D eigenvalue weighted by atomic mass is 16.2. The van der Waals surface area contributed by atoms with E-state index in [0.29, 0.717) is 54.2 Å². The third-order valence-electron chi connectivity index (χ3n) is 24.7. The molecule has 12 heterocycles. The Morgan fingerprint density at radius 2 is 0.911 bits per heavy atom. The second-order valence-electron chi connectivity index (χ2n) is 34.0. The summed E-state index contributed by atoms with van der Waals surface area (Å²) in [6.07, 6.45) is 27.3. The van der Waals surface area contributed by atoms with Crippen molar-refractivity contribution in [1.82, 2.24) is 105 Å². The highest BCUT2D eigenvalue weighted by Crippen LogP contribution is 2.37. The van der Waals surface area contributed by atoms with Gasteiger partial charge in [0.15, 0.2) is 0 Å². The smallest absolute Gasteiger partial charge is 0.254 e. The molecule has 8 aromatic heterocycles. The predicted octanol–water partition coefficient (Wildman–Crippen LogP) is 16.1. The molecule has 8 aromatic carbocycles. The van der Waals surface area contributed by atoms with E-state index in [1.807, 2.05) is 161 Å². The summed E-state index contributed by atoms with van der Waals surface area (Å²) in [6.45, 7) is 17.8. The average molecular weight is 1640 g/mol. The van der Waals surface area contributed by atoms with Crippen molar-refractivity contribution >= 4 is 67.2 Å². The molecule has 4 amide bonds. The maximum absolute atomic E-state index is 13.0. The lowest BCUT2D eigenvalue weighted by atomic mass is 9.96. The molecule has 0 aliphatic carbocycles. The van der Waals surface area contributed by atoms with Gasteiger partial charge in [0.1, 0.15) is 5.69 Å². The normalized spacial score (nSPS) is 17.5. The van der Waals surface area contributed by atoms with E-state index in [1.54, 1.807) is 30.5 Å². The van der Waals surface area contributed by atoms with Crippen molar-refractivity contribution in [1.29, 1.82) is 5.26 Å². The largest absolute Gasteiger partial charge is 0.343 e. The zero-order valence-electron chi connectivity index (χ0n) is 69.8. The number of amides is 4. The van der Waals surface area contributed by atoms with Crippen molar-refractivity contribution in [2.45, 2.75) is 130 Å². The Morgan fingerprint density at radius 3 is 1.37 bits per heavy atom. The van der Waals surface area contributed by atoms with Gasteiger partial charge in [-0.05, 0) is 203 Å². The Labute approximate surface area is 712 Å². The number of aromatic nitrogens is 17. The van der Waals surface area contributed by atoms with Gasteiger partial charge in [0, 0.05) is 156 Å². The Morgan fingerprint density at radius 1 is 0.455 bits per heavy atom. The Bertz CT molecular complexity index is 6350. The molecule has 0 bridgehead atoms. The SMILES string of the molecule is CC1(C)CC(Cn2ncc3cc(-c4cn[nH]c4)ccc32)CN1C(=O)Cc1ccccc1.C[C@H]1CC(Cn2ncc3cc(-c4cn[nH]c4)ccc32)CN1C(=O)c1cccc(C#N)c1.Cc1cccc(C(=O)N2CC(Cn3ncc4cc(-c5cn[nH]c5)ccc43)C[C@@H]2C)c1.O=C(CCc1ccccc1)N1CCC(Cn2ncc3cc(-c4cn[nH]n4)ccc32)CC1. The molecule has 16 aromatic rings. The number of nitrogens with zero attached hydrogens (tertiary/aromatic N) is 18. The minimum atomic E-state index is -0.145. The van der Waals surface area contributed by atoms with Crippen LogP contribution in [0.5, 0.6) is 0 Å². The number of nitrogens with one attached hydrogen (secondary N) is 4. The molecule has 4 N–H and O–H groups in total. The van der Waals surface area contributed by atoms with Gasteiger partial charge in [-0.3, -0.25) is 53.2 Å². The number of aryl methyl sites for hydroxylation is 2. The maximum atomic E-state index is 13.0. The summed E-state index contributed by atoms with van der Waals surface area (Å²) in [5.74, 6) is 2.23. The molecule has 26 heteroatoms. The number of aromatic amines is 4. The molecule has 123 heavy (non-hydrogen) atoms. The van der Waals surface area contributed by atoms with Crippen molar-refractivity contribution < 1.29 is 19.2 Å². The molecule has 5 atom stereocenters. The van der Waals surface area contributed by atoms with E-state index in [2.05, 4.69) is 204 Å². The van der Waals surface area contributed by atoms with Crippen LogP contribution in [-0.4, -0.2) is 179 Å². The fourth-order valence-corrected chi connectivity index (χ4v) is 18.4. The van der Waals surface area contributed by atoms with Crippen LogP contribution >= 0.6 is 0 Å². The summed E-state index contributed by atoms with van der Waals surface area (Å²) in [6, 6.07) is 62.8. The number of likely N-dealkylation sites (tertiary alicyclic amines) is 4. The molecule has 0 spiro atoms. The number of carbonyl (C=O) groups is 4. The summed E-state index contributed by atoms with van der Waals surface area (Å²) in [4.78, 5) is 59.7. The molecule has 4 aliphatic heterocycles. The van der Waals surface area contributed by atoms with Crippen LogP contribution < -0.4 is 0 Å². The topological polar surface area (TPSA) is 304 Å². The van der Waals surface area contributed by atoms with Gasteiger partial charge < -0.3 is 19.6 Å². The second-order valence-corrected chi connectivity index (χ2v) is 34.0. The average Bonchev–Trinajstić information content (AvgIpc) is 1.65. The van der Waals surface area contributed by atoms with Gasteiger partial charge in [-0.1, -0.05) is 109 Å². The molecule has 4 saturated heterocycles. The van der Waals surface area contributed by atoms with Crippen molar-refractivity contribution in [3.63, 3.8) is 0 Å². The van der Waals surface area contributed by atoms with E-state index >= 15 is 0 Å². The first-order chi connectivity index (χ1) is 60.0. The van der Waals surface area contributed by atoms with Gasteiger partial charge in [-0.15, -0.1) is 0 Å². The van der Waals surface area contributed by atoms with Gasteiger partial charge in [0.25, 0.3) is 11.8 Å². The second kappa shape index (κ2) is 36.4. The Kier molecular flexibility index (Phi) is 24.0.